The second-order valence-electron chi connectivity index (χ2n) is 5.37. The van der Waals surface area contributed by atoms with E-state index in [-0.39, 0.29) is 16.9 Å². The second-order valence-corrected chi connectivity index (χ2v) is 7.33. The first-order chi connectivity index (χ1) is 10.4. The molecule has 1 aliphatic carbocycles. The topological polar surface area (TPSA) is 89.0 Å². The van der Waals surface area contributed by atoms with Crippen molar-refractivity contribution in [2.24, 2.45) is 5.92 Å². The predicted molar refractivity (Wildman–Crippen MR) is 81.9 cm³/mol. The summed E-state index contributed by atoms with van der Waals surface area (Å²) in [6.45, 7) is 0. The average Bonchev–Trinajstić information content (AvgIpc) is 3.32. The Morgan fingerprint density at radius 1 is 1.09 bits per heavy atom. The first-order valence-corrected chi connectivity index (χ1v) is 8.78. The summed E-state index contributed by atoms with van der Waals surface area (Å²) in [4.78, 5) is 11.7. The van der Waals surface area contributed by atoms with Crippen molar-refractivity contribution in [2.45, 2.75) is 17.9 Å². The van der Waals surface area contributed by atoms with Gasteiger partial charge < -0.3 is 5.32 Å². The van der Waals surface area contributed by atoms with Crippen LogP contribution in [0.3, 0.4) is 0 Å². The van der Waals surface area contributed by atoms with Crippen LogP contribution in [0.1, 0.15) is 12.8 Å². The molecule has 3 rings (SSSR count). The monoisotopic (exact) mass is 317 g/mol. The quantitative estimate of drug-likeness (QED) is 0.930. The van der Waals surface area contributed by atoms with E-state index in [1.165, 1.54) is 6.07 Å². The van der Waals surface area contributed by atoms with Gasteiger partial charge in [-0.3, -0.25) is 4.79 Å². The minimum atomic E-state index is -3.35. The number of carbonyl (C=O) groups excluding carboxylic acids is 1. The Labute approximate surface area is 128 Å². The van der Waals surface area contributed by atoms with E-state index in [9.17, 15) is 13.2 Å². The summed E-state index contributed by atoms with van der Waals surface area (Å²) < 4.78 is 22.7. The van der Waals surface area contributed by atoms with Gasteiger partial charge in [0.05, 0.1) is 5.69 Å². The van der Waals surface area contributed by atoms with E-state index in [1.54, 1.807) is 18.2 Å². The van der Waals surface area contributed by atoms with Gasteiger partial charge in [0.2, 0.25) is 5.91 Å². The number of sulfone groups is 1. The molecule has 0 bridgehead atoms. The number of carbonyl (C=O) groups is 1. The minimum absolute atomic E-state index is 0.0513. The summed E-state index contributed by atoms with van der Waals surface area (Å²) in [5.74, 6) is 0.221. The first kappa shape index (κ1) is 14.6. The third kappa shape index (κ3) is 3.30. The zero-order valence-corrected chi connectivity index (χ0v) is 12.8. The van der Waals surface area contributed by atoms with Gasteiger partial charge in [0, 0.05) is 23.4 Å². The lowest BCUT2D eigenvalue weighted by molar-refractivity contribution is -0.117. The normalized spacial score (nSPS) is 14.6. The maximum Gasteiger partial charge on any atom is 0.227 e. The van der Waals surface area contributed by atoms with Crippen molar-refractivity contribution in [3.63, 3.8) is 0 Å². The number of hydrogen-bond acceptors (Lipinski definition) is 5. The van der Waals surface area contributed by atoms with Gasteiger partial charge in [-0.2, -0.15) is 0 Å². The highest BCUT2D eigenvalue weighted by Gasteiger charge is 2.29. The summed E-state index contributed by atoms with van der Waals surface area (Å²) >= 11 is 0. The van der Waals surface area contributed by atoms with Crippen molar-refractivity contribution in [2.75, 3.05) is 11.6 Å². The number of nitrogens with zero attached hydrogens (tertiary/aromatic N) is 2. The lowest BCUT2D eigenvalue weighted by Gasteiger charge is -2.06. The molecule has 1 aromatic carbocycles. The molecule has 7 heteroatoms. The Balaban J connectivity index is 1.76. The van der Waals surface area contributed by atoms with Crippen LogP contribution in [0.25, 0.3) is 11.3 Å². The number of hydrogen-bond donors (Lipinski definition) is 1. The fraction of sp³-hybridized carbons (Fsp3) is 0.267. The molecule has 114 valence electrons. The van der Waals surface area contributed by atoms with Crippen LogP contribution in [-0.2, 0) is 14.6 Å². The van der Waals surface area contributed by atoms with Gasteiger partial charge >= 0.3 is 0 Å². The molecule has 2 aromatic rings. The van der Waals surface area contributed by atoms with Gasteiger partial charge in [-0.25, -0.2) is 8.42 Å². The SMILES string of the molecule is CS(=O)(=O)c1ccc(-c2ccc(NC(=O)C3CC3)cc2)nn1. The van der Waals surface area contributed by atoms with Gasteiger partial charge in [-0.1, -0.05) is 12.1 Å². The van der Waals surface area contributed by atoms with E-state index in [0.29, 0.717) is 5.69 Å². The third-order valence-corrected chi connectivity index (χ3v) is 4.39. The number of benzene rings is 1. The van der Waals surface area contributed by atoms with Crippen LogP contribution < -0.4 is 5.32 Å². The molecule has 1 fully saturated rings. The van der Waals surface area contributed by atoms with E-state index in [0.717, 1.165) is 30.3 Å². The van der Waals surface area contributed by atoms with Crippen LogP contribution in [-0.4, -0.2) is 30.8 Å². The number of anilines is 1. The summed E-state index contributed by atoms with van der Waals surface area (Å²) in [6, 6.07) is 10.3. The van der Waals surface area contributed by atoms with E-state index in [2.05, 4.69) is 15.5 Å². The second kappa shape index (κ2) is 5.49. The van der Waals surface area contributed by atoms with Gasteiger partial charge in [0.15, 0.2) is 14.9 Å². The molecule has 1 heterocycles. The molecule has 0 radical (unpaired) electrons. The molecule has 6 nitrogen and oxygen atoms in total. The Hall–Kier alpha value is -2.28. The molecular formula is C15H15N3O3S. The molecule has 1 N–H and O–H groups in total. The standard InChI is InChI=1S/C15H15N3O3S/c1-22(20,21)14-9-8-13(17-18-14)10-4-6-12(7-5-10)16-15(19)11-2-3-11/h4-9,11H,2-3H2,1H3,(H,16,19). The number of rotatable bonds is 4. The maximum absolute atomic E-state index is 11.7. The van der Waals surface area contributed by atoms with Crippen molar-refractivity contribution in [1.82, 2.24) is 10.2 Å². The summed E-state index contributed by atoms with van der Waals surface area (Å²) in [6.07, 6.45) is 3.02. The fourth-order valence-corrected chi connectivity index (χ4v) is 2.49. The molecule has 1 saturated carbocycles. The average molecular weight is 317 g/mol. The van der Waals surface area contributed by atoms with Gasteiger partial charge in [0.25, 0.3) is 0 Å². The predicted octanol–water partition coefficient (Wildman–Crippen LogP) is 1.90. The Morgan fingerprint density at radius 3 is 2.27 bits per heavy atom. The summed E-state index contributed by atoms with van der Waals surface area (Å²) in [5, 5.41) is 10.5. The molecule has 22 heavy (non-hydrogen) atoms. The van der Waals surface area contributed by atoms with E-state index in [4.69, 9.17) is 0 Å². The minimum Gasteiger partial charge on any atom is -0.326 e. The highest BCUT2D eigenvalue weighted by atomic mass is 32.2. The Bertz CT molecular complexity index is 795. The van der Waals surface area contributed by atoms with Crippen LogP contribution in [0.5, 0.6) is 0 Å². The first-order valence-electron chi connectivity index (χ1n) is 6.88. The van der Waals surface area contributed by atoms with Gasteiger partial charge in [-0.15, -0.1) is 10.2 Å². The van der Waals surface area contributed by atoms with Crippen LogP contribution in [0.2, 0.25) is 0 Å². The molecule has 1 amide bonds. The van der Waals surface area contributed by atoms with Gasteiger partial charge in [0.1, 0.15) is 0 Å². The van der Waals surface area contributed by atoms with Crippen LogP contribution >= 0.6 is 0 Å². The molecule has 0 saturated heterocycles. The van der Waals surface area contributed by atoms with Crippen molar-refractivity contribution < 1.29 is 13.2 Å². The molecule has 0 aliphatic heterocycles. The maximum atomic E-state index is 11.7. The van der Waals surface area contributed by atoms with E-state index < -0.39 is 9.84 Å². The van der Waals surface area contributed by atoms with Gasteiger partial charge in [-0.05, 0) is 37.1 Å². The lowest BCUT2D eigenvalue weighted by Crippen LogP contribution is -2.13. The zero-order valence-electron chi connectivity index (χ0n) is 12.0. The van der Waals surface area contributed by atoms with E-state index >= 15 is 0 Å². The largest absolute Gasteiger partial charge is 0.326 e. The van der Waals surface area contributed by atoms with Crippen LogP contribution in [0.4, 0.5) is 5.69 Å². The third-order valence-electron chi connectivity index (χ3n) is 3.42. The molecular weight excluding hydrogens is 302 g/mol. The van der Waals surface area contributed by atoms with E-state index in [1.807, 2.05) is 12.1 Å². The fourth-order valence-electron chi connectivity index (χ4n) is 1.99. The Morgan fingerprint density at radius 2 is 1.77 bits per heavy atom. The smallest absolute Gasteiger partial charge is 0.227 e. The molecule has 0 atom stereocenters. The van der Waals surface area contributed by atoms with Crippen LogP contribution in [0, 0.1) is 5.92 Å². The highest BCUT2D eigenvalue weighted by Crippen LogP contribution is 2.30. The van der Waals surface area contributed by atoms with Crippen molar-refractivity contribution in [3.05, 3.63) is 36.4 Å². The molecule has 0 unspecified atom stereocenters. The van der Waals surface area contributed by atoms with Crippen molar-refractivity contribution >= 4 is 21.4 Å². The van der Waals surface area contributed by atoms with Crippen LogP contribution in [0.15, 0.2) is 41.4 Å². The molecule has 1 aromatic heterocycles. The molecule has 1 aliphatic rings. The number of nitrogens with one attached hydrogen (secondary N) is 1. The zero-order chi connectivity index (χ0) is 15.7. The number of aromatic nitrogens is 2. The lowest BCUT2D eigenvalue weighted by atomic mass is 10.1. The van der Waals surface area contributed by atoms with Crippen molar-refractivity contribution in [3.8, 4) is 11.3 Å². The Kier molecular flexibility index (Phi) is 3.66. The summed E-state index contributed by atoms with van der Waals surface area (Å²) in [7, 11) is -3.35. The highest BCUT2D eigenvalue weighted by molar-refractivity contribution is 7.90. The number of amides is 1. The summed E-state index contributed by atoms with van der Waals surface area (Å²) in [5.41, 5.74) is 2.12. The van der Waals surface area contributed by atoms with Crippen molar-refractivity contribution in [1.29, 1.82) is 0 Å². The molecule has 0 spiro atoms.